The van der Waals surface area contributed by atoms with Gasteiger partial charge in [-0.1, -0.05) is 6.92 Å². The van der Waals surface area contributed by atoms with Crippen LogP contribution in [0.25, 0.3) is 0 Å². The van der Waals surface area contributed by atoms with Crippen molar-refractivity contribution in [1.29, 1.82) is 0 Å². The third-order valence-electron chi connectivity index (χ3n) is 2.56. The van der Waals surface area contributed by atoms with Crippen LogP contribution in [0.5, 0.6) is 0 Å². The van der Waals surface area contributed by atoms with Crippen molar-refractivity contribution in [2.75, 3.05) is 5.32 Å². The van der Waals surface area contributed by atoms with E-state index in [2.05, 4.69) is 10.4 Å². The van der Waals surface area contributed by atoms with Crippen molar-refractivity contribution in [1.82, 2.24) is 9.78 Å². The Bertz CT molecular complexity index is 630. The number of hydrogen-bond acceptors (Lipinski definition) is 4. The lowest BCUT2D eigenvalue weighted by molar-refractivity contribution is 0.0697. The second-order valence-corrected chi connectivity index (χ2v) is 4.89. The van der Waals surface area contributed by atoms with Gasteiger partial charge >= 0.3 is 5.97 Å². The zero-order chi connectivity index (χ0) is 14.0. The summed E-state index contributed by atoms with van der Waals surface area (Å²) in [4.78, 5) is 23.1. The van der Waals surface area contributed by atoms with Crippen LogP contribution < -0.4 is 5.32 Å². The number of rotatable bonds is 4. The largest absolute Gasteiger partial charge is 0.478 e. The van der Waals surface area contributed by atoms with Crippen molar-refractivity contribution in [3.05, 3.63) is 33.8 Å². The molecule has 2 rings (SSSR count). The predicted octanol–water partition coefficient (Wildman–Crippen LogP) is 1.99. The van der Waals surface area contributed by atoms with Gasteiger partial charge in [-0.15, -0.1) is 11.3 Å². The fraction of sp³-hybridized carbons (Fsp3) is 0.250. The number of carboxylic acid groups (broad SMARTS) is 1. The molecule has 0 fully saturated rings. The first kappa shape index (κ1) is 13.3. The van der Waals surface area contributed by atoms with Gasteiger partial charge in [0.05, 0.1) is 21.8 Å². The molecule has 0 radical (unpaired) electrons. The number of carbonyl (C=O) groups excluding carboxylic acids is 1. The monoisotopic (exact) mass is 279 g/mol. The van der Waals surface area contributed by atoms with Crippen LogP contribution in [-0.2, 0) is 13.5 Å². The molecular weight excluding hydrogens is 266 g/mol. The quantitative estimate of drug-likeness (QED) is 0.896. The minimum atomic E-state index is -1.04. The Morgan fingerprint density at radius 1 is 1.53 bits per heavy atom. The lowest BCUT2D eigenvalue weighted by Gasteiger charge is -2.01. The summed E-state index contributed by atoms with van der Waals surface area (Å²) in [7, 11) is 1.78. The first-order valence-corrected chi connectivity index (χ1v) is 6.55. The molecule has 0 aliphatic carbocycles. The molecule has 0 unspecified atom stereocenters. The maximum Gasteiger partial charge on any atom is 0.336 e. The second-order valence-electron chi connectivity index (χ2n) is 3.98. The average Bonchev–Trinajstić information content (AvgIpc) is 2.95. The van der Waals surface area contributed by atoms with Crippen LogP contribution in [0.3, 0.4) is 0 Å². The van der Waals surface area contributed by atoms with Crippen LogP contribution in [0, 0.1) is 0 Å². The molecule has 1 amide bonds. The zero-order valence-electron chi connectivity index (χ0n) is 10.5. The van der Waals surface area contributed by atoms with Gasteiger partial charge < -0.3 is 10.4 Å². The van der Waals surface area contributed by atoms with E-state index in [9.17, 15) is 9.59 Å². The zero-order valence-corrected chi connectivity index (χ0v) is 11.3. The number of nitrogens with zero attached hydrogens (tertiary/aromatic N) is 2. The van der Waals surface area contributed by atoms with Gasteiger partial charge in [-0.05, 0) is 12.5 Å². The smallest absolute Gasteiger partial charge is 0.336 e. The molecule has 2 aromatic rings. The maximum absolute atomic E-state index is 12.0. The van der Waals surface area contributed by atoms with Gasteiger partial charge in [0.15, 0.2) is 0 Å². The number of aromatic carboxylic acids is 1. The molecule has 7 heteroatoms. The van der Waals surface area contributed by atoms with Crippen LogP contribution in [0.15, 0.2) is 17.6 Å². The Balaban J connectivity index is 2.18. The molecule has 0 bridgehead atoms. The number of hydrogen-bond donors (Lipinski definition) is 2. The van der Waals surface area contributed by atoms with Crippen LogP contribution in [0.1, 0.15) is 32.6 Å². The molecule has 2 N–H and O–H groups in total. The van der Waals surface area contributed by atoms with Gasteiger partial charge in [-0.2, -0.15) is 5.10 Å². The van der Waals surface area contributed by atoms with Gasteiger partial charge in [-0.25, -0.2) is 4.79 Å². The van der Waals surface area contributed by atoms with Crippen molar-refractivity contribution < 1.29 is 14.7 Å². The van der Waals surface area contributed by atoms with E-state index < -0.39 is 5.97 Å². The third kappa shape index (κ3) is 2.82. The molecule has 0 atom stereocenters. The Morgan fingerprint density at radius 3 is 2.84 bits per heavy atom. The van der Waals surface area contributed by atoms with Crippen LogP contribution >= 0.6 is 11.3 Å². The highest BCUT2D eigenvalue weighted by Gasteiger charge is 2.15. The highest BCUT2D eigenvalue weighted by Crippen LogP contribution is 2.19. The highest BCUT2D eigenvalue weighted by atomic mass is 32.1. The lowest BCUT2D eigenvalue weighted by atomic mass is 10.3. The third-order valence-corrected chi connectivity index (χ3v) is 3.49. The molecule has 19 heavy (non-hydrogen) atoms. The first-order valence-electron chi connectivity index (χ1n) is 5.67. The highest BCUT2D eigenvalue weighted by molar-refractivity contribution is 7.12. The van der Waals surface area contributed by atoms with Crippen molar-refractivity contribution >= 4 is 28.9 Å². The summed E-state index contributed by atoms with van der Waals surface area (Å²) >= 11 is 1.11. The molecule has 0 saturated carbocycles. The summed E-state index contributed by atoms with van der Waals surface area (Å²) in [5.41, 5.74) is 1.57. The Morgan fingerprint density at radius 2 is 2.26 bits per heavy atom. The van der Waals surface area contributed by atoms with Gasteiger partial charge in [0, 0.05) is 18.6 Å². The predicted molar refractivity (Wildman–Crippen MR) is 71.8 cm³/mol. The van der Waals surface area contributed by atoms with E-state index in [4.69, 9.17) is 5.11 Å². The summed E-state index contributed by atoms with van der Waals surface area (Å²) < 4.78 is 1.63. The summed E-state index contributed by atoms with van der Waals surface area (Å²) in [5.74, 6) is -1.36. The number of anilines is 1. The number of carboxylic acids is 1. The number of amides is 1. The number of aryl methyl sites for hydroxylation is 2. The Labute approximate surface area is 113 Å². The SMILES string of the molecule is CCc1nn(C)cc1NC(=O)c1cc(C(=O)O)cs1. The summed E-state index contributed by atoms with van der Waals surface area (Å²) in [5, 5.41) is 17.2. The minimum absolute atomic E-state index is 0.122. The lowest BCUT2D eigenvalue weighted by Crippen LogP contribution is -2.11. The topological polar surface area (TPSA) is 84.2 Å². The van der Waals surface area contributed by atoms with Crippen molar-refractivity contribution in [2.45, 2.75) is 13.3 Å². The Kier molecular flexibility index (Phi) is 3.66. The summed E-state index contributed by atoms with van der Waals surface area (Å²) in [6.07, 6.45) is 2.43. The van der Waals surface area contributed by atoms with Crippen molar-refractivity contribution in [3.8, 4) is 0 Å². The second kappa shape index (κ2) is 5.23. The molecule has 2 aromatic heterocycles. The first-order chi connectivity index (χ1) is 9.01. The van der Waals surface area contributed by atoms with Crippen LogP contribution in [0.4, 0.5) is 5.69 Å². The molecule has 6 nitrogen and oxygen atoms in total. The van der Waals surface area contributed by atoms with Gasteiger partial charge in [0.2, 0.25) is 0 Å². The van der Waals surface area contributed by atoms with E-state index in [1.54, 1.807) is 17.9 Å². The number of aromatic nitrogens is 2. The molecule has 0 spiro atoms. The molecule has 100 valence electrons. The fourth-order valence-corrected chi connectivity index (χ4v) is 2.43. The Hall–Kier alpha value is -2.15. The number of thiophene rings is 1. The van der Waals surface area contributed by atoms with E-state index >= 15 is 0 Å². The molecule has 2 heterocycles. The fourth-order valence-electron chi connectivity index (χ4n) is 1.65. The summed E-state index contributed by atoms with van der Waals surface area (Å²) in [6.45, 7) is 1.95. The van der Waals surface area contributed by atoms with Gasteiger partial charge in [0.25, 0.3) is 5.91 Å². The van der Waals surface area contributed by atoms with Gasteiger partial charge in [-0.3, -0.25) is 9.48 Å². The van der Waals surface area contributed by atoms with E-state index in [1.807, 2.05) is 6.92 Å². The maximum atomic E-state index is 12.0. The van der Waals surface area contributed by atoms with E-state index in [1.165, 1.54) is 11.4 Å². The van der Waals surface area contributed by atoms with Gasteiger partial charge in [0.1, 0.15) is 0 Å². The molecule has 0 saturated heterocycles. The van der Waals surface area contributed by atoms with E-state index in [-0.39, 0.29) is 11.5 Å². The normalized spacial score (nSPS) is 10.4. The molecule has 0 aromatic carbocycles. The van der Waals surface area contributed by atoms with Crippen LogP contribution in [0.2, 0.25) is 0 Å². The van der Waals surface area contributed by atoms with E-state index in [0.717, 1.165) is 17.0 Å². The molecule has 0 aliphatic rings. The average molecular weight is 279 g/mol. The number of nitrogens with one attached hydrogen (secondary N) is 1. The molecular formula is C12H13N3O3S. The van der Waals surface area contributed by atoms with Crippen LogP contribution in [-0.4, -0.2) is 26.8 Å². The van der Waals surface area contributed by atoms with Crippen molar-refractivity contribution in [2.24, 2.45) is 7.05 Å². The number of carbonyl (C=O) groups is 2. The van der Waals surface area contributed by atoms with Crippen molar-refractivity contribution in [3.63, 3.8) is 0 Å². The van der Waals surface area contributed by atoms with E-state index in [0.29, 0.717) is 17.0 Å². The summed E-state index contributed by atoms with van der Waals surface area (Å²) in [6, 6.07) is 1.37. The standard InChI is InChI=1S/C12H13N3O3S/c1-3-8-9(5-15(2)14-8)13-11(16)10-4-7(6-19-10)12(17)18/h4-6H,3H2,1-2H3,(H,13,16)(H,17,18). The molecule has 0 aliphatic heterocycles. The minimum Gasteiger partial charge on any atom is -0.478 e.